The minimum absolute atomic E-state index is 0.139. The summed E-state index contributed by atoms with van der Waals surface area (Å²) in [6.07, 6.45) is 20.8. The molecule has 1 heteroatoms. The molecule has 4 aliphatic carbocycles. The van der Waals surface area contributed by atoms with Crippen LogP contribution in [0.25, 0.3) is 11.1 Å². The maximum atomic E-state index is 4.03. The largest absolute Gasteiger partial charge is 0.296 e. The van der Waals surface area contributed by atoms with Crippen LogP contribution in [0.2, 0.25) is 0 Å². The third-order valence-corrected chi connectivity index (χ3v) is 10.1. The molecule has 4 aromatic rings. The van der Waals surface area contributed by atoms with Crippen molar-refractivity contribution in [2.24, 2.45) is 10.9 Å². The molecule has 204 valence electrons. The summed E-state index contributed by atoms with van der Waals surface area (Å²) in [7, 11) is 0. The predicted molar refractivity (Wildman–Crippen MR) is 175 cm³/mol. The monoisotopic (exact) mass is 541 g/mol. The molecule has 1 nitrogen and oxygen atoms in total. The number of allylic oxidation sites excluding steroid dienone is 8. The second-order valence-corrected chi connectivity index (χ2v) is 12.2. The number of fused-ring (bicyclic) bond motifs is 6. The molecule has 8 rings (SSSR count). The summed E-state index contributed by atoms with van der Waals surface area (Å²) in [5, 5.41) is 0. The van der Waals surface area contributed by atoms with Crippen LogP contribution in [-0.4, -0.2) is 6.72 Å². The minimum atomic E-state index is -0.139. The van der Waals surface area contributed by atoms with Gasteiger partial charge in [-0.2, -0.15) is 0 Å². The molecule has 0 radical (unpaired) electrons. The molecule has 0 fully saturated rings. The van der Waals surface area contributed by atoms with E-state index in [0.29, 0.717) is 18.4 Å². The number of benzene rings is 4. The van der Waals surface area contributed by atoms with Crippen molar-refractivity contribution in [3.8, 4) is 11.1 Å². The van der Waals surface area contributed by atoms with E-state index >= 15 is 0 Å². The molecule has 0 aromatic heterocycles. The van der Waals surface area contributed by atoms with E-state index in [-0.39, 0.29) is 5.41 Å². The lowest BCUT2D eigenvalue weighted by Crippen LogP contribution is -2.36. The number of nitrogens with zero attached hydrogens (tertiary/aromatic N) is 1. The van der Waals surface area contributed by atoms with E-state index in [4.69, 9.17) is 0 Å². The van der Waals surface area contributed by atoms with Crippen molar-refractivity contribution in [3.05, 3.63) is 178 Å². The summed E-state index contributed by atoms with van der Waals surface area (Å²) in [4.78, 5) is 4.03. The van der Waals surface area contributed by atoms with Gasteiger partial charge in [0, 0.05) is 17.3 Å². The third-order valence-electron chi connectivity index (χ3n) is 10.1. The Hall–Kier alpha value is -4.49. The number of hydrogen-bond donors (Lipinski definition) is 0. The van der Waals surface area contributed by atoms with Gasteiger partial charge < -0.3 is 0 Å². The predicted octanol–water partition coefficient (Wildman–Crippen LogP) is 9.45. The minimum Gasteiger partial charge on any atom is -0.296 e. The quantitative estimate of drug-likeness (QED) is 0.197. The van der Waals surface area contributed by atoms with E-state index in [0.717, 1.165) is 25.7 Å². The average Bonchev–Trinajstić information content (AvgIpc) is 3.36. The van der Waals surface area contributed by atoms with E-state index in [2.05, 4.69) is 139 Å². The van der Waals surface area contributed by atoms with Crippen molar-refractivity contribution in [3.63, 3.8) is 0 Å². The normalized spacial score (nSPS) is 23.0. The van der Waals surface area contributed by atoms with Crippen molar-refractivity contribution in [1.82, 2.24) is 0 Å². The fourth-order valence-electron chi connectivity index (χ4n) is 8.31. The highest BCUT2D eigenvalue weighted by Crippen LogP contribution is 2.62. The molecule has 0 amide bonds. The SMILES string of the molecule is C=NCc1ccc(-c2ccc3c(c2)Cc2ccc4c(c2C3)C2C=CC=CC2C4(C2=CC=CCC2)c2ccccc2)cc1. The van der Waals surface area contributed by atoms with Crippen LogP contribution < -0.4 is 0 Å². The van der Waals surface area contributed by atoms with E-state index in [1.54, 1.807) is 16.7 Å². The topological polar surface area (TPSA) is 12.4 Å². The fourth-order valence-corrected chi connectivity index (χ4v) is 8.31. The van der Waals surface area contributed by atoms with Crippen LogP contribution in [0.15, 0.2) is 138 Å². The average molecular weight is 542 g/mol. The van der Waals surface area contributed by atoms with Crippen LogP contribution in [-0.2, 0) is 24.8 Å². The number of rotatable bonds is 5. The number of aliphatic imine (C=N–C) groups is 1. The molecule has 0 saturated carbocycles. The Morgan fingerprint density at radius 3 is 2.38 bits per heavy atom. The van der Waals surface area contributed by atoms with Gasteiger partial charge >= 0.3 is 0 Å². The lowest BCUT2D eigenvalue weighted by molar-refractivity contribution is 0.436. The molecule has 3 atom stereocenters. The van der Waals surface area contributed by atoms with Gasteiger partial charge in [-0.15, -0.1) is 0 Å². The molecule has 42 heavy (non-hydrogen) atoms. The summed E-state index contributed by atoms with van der Waals surface area (Å²) >= 11 is 0. The first-order valence-corrected chi connectivity index (χ1v) is 15.3. The van der Waals surface area contributed by atoms with Crippen molar-refractivity contribution in [2.45, 2.75) is 43.6 Å². The maximum Gasteiger partial charge on any atom is 0.0632 e. The van der Waals surface area contributed by atoms with Gasteiger partial charge in [0.2, 0.25) is 0 Å². The highest BCUT2D eigenvalue weighted by Gasteiger charge is 2.54. The van der Waals surface area contributed by atoms with Crippen LogP contribution in [0.4, 0.5) is 0 Å². The van der Waals surface area contributed by atoms with Gasteiger partial charge in [-0.3, -0.25) is 4.99 Å². The summed E-state index contributed by atoms with van der Waals surface area (Å²) in [6, 6.07) is 32.2. The standard InChI is InChI=1S/C41H35N/c1-42-27-28-16-18-29(19-17-28)30-20-21-31-26-37-32(25-33(31)24-30)22-23-39-40(37)36-14-8-9-15-38(36)41(39,34-10-4-2-5-11-34)35-12-6-3-7-13-35/h2-6,8-12,14-24,36,38H,1,7,13,25-27H2. The molecule has 0 N–H and O–H groups in total. The summed E-state index contributed by atoms with van der Waals surface area (Å²) < 4.78 is 0. The van der Waals surface area contributed by atoms with Crippen molar-refractivity contribution in [1.29, 1.82) is 0 Å². The molecule has 4 aromatic carbocycles. The highest BCUT2D eigenvalue weighted by atomic mass is 14.7. The second kappa shape index (κ2) is 10.1. The molecule has 0 spiro atoms. The molecule has 3 unspecified atom stereocenters. The highest BCUT2D eigenvalue weighted by molar-refractivity contribution is 5.69. The third kappa shape index (κ3) is 3.80. The molecular formula is C41H35N. The van der Waals surface area contributed by atoms with Crippen LogP contribution in [0.3, 0.4) is 0 Å². The Bertz CT molecular complexity index is 1820. The first kappa shape index (κ1) is 25.2. The Balaban J connectivity index is 1.25. The first-order valence-electron chi connectivity index (χ1n) is 15.3. The number of hydrogen-bond acceptors (Lipinski definition) is 1. The molecule has 4 aliphatic rings. The zero-order chi connectivity index (χ0) is 28.1. The summed E-state index contributed by atoms with van der Waals surface area (Å²) in [5.41, 5.74) is 15.7. The van der Waals surface area contributed by atoms with E-state index in [1.165, 1.54) is 44.5 Å². The first-order chi connectivity index (χ1) is 20.8. The van der Waals surface area contributed by atoms with E-state index in [9.17, 15) is 0 Å². The lowest BCUT2D eigenvalue weighted by atomic mass is 9.61. The Morgan fingerprint density at radius 1 is 0.762 bits per heavy atom. The second-order valence-electron chi connectivity index (χ2n) is 12.2. The Morgan fingerprint density at radius 2 is 1.57 bits per heavy atom. The fraction of sp³-hybridized carbons (Fsp3) is 0.195. The van der Waals surface area contributed by atoms with Gasteiger partial charge in [-0.05, 0) is 88.0 Å². The van der Waals surface area contributed by atoms with E-state index < -0.39 is 0 Å². The maximum absolute atomic E-state index is 4.03. The molecule has 0 saturated heterocycles. The molecule has 0 heterocycles. The van der Waals surface area contributed by atoms with Gasteiger partial charge in [-0.1, -0.05) is 133 Å². The van der Waals surface area contributed by atoms with E-state index in [1.807, 2.05) is 0 Å². The van der Waals surface area contributed by atoms with Gasteiger partial charge in [0.1, 0.15) is 0 Å². The zero-order valence-electron chi connectivity index (χ0n) is 24.0. The molecular weight excluding hydrogens is 506 g/mol. The van der Waals surface area contributed by atoms with Gasteiger partial charge in [-0.25, -0.2) is 0 Å². The zero-order valence-corrected chi connectivity index (χ0v) is 24.0. The van der Waals surface area contributed by atoms with Crippen LogP contribution in [0.5, 0.6) is 0 Å². The van der Waals surface area contributed by atoms with Gasteiger partial charge in [0.05, 0.1) is 6.54 Å². The van der Waals surface area contributed by atoms with Crippen LogP contribution in [0.1, 0.15) is 63.3 Å². The molecule has 0 aliphatic heterocycles. The summed E-state index contributed by atoms with van der Waals surface area (Å²) in [5.74, 6) is 0.767. The van der Waals surface area contributed by atoms with Crippen LogP contribution >= 0.6 is 0 Å². The van der Waals surface area contributed by atoms with Crippen molar-refractivity contribution in [2.75, 3.05) is 0 Å². The van der Waals surface area contributed by atoms with Crippen molar-refractivity contribution < 1.29 is 0 Å². The van der Waals surface area contributed by atoms with Crippen LogP contribution in [0, 0.1) is 5.92 Å². The molecule has 0 bridgehead atoms. The Labute approximate surface area is 249 Å². The van der Waals surface area contributed by atoms with Crippen molar-refractivity contribution >= 4 is 6.72 Å². The van der Waals surface area contributed by atoms with Gasteiger partial charge in [0.15, 0.2) is 0 Å². The summed E-state index contributed by atoms with van der Waals surface area (Å²) in [6.45, 7) is 4.30. The Kier molecular flexibility index (Phi) is 6.07. The lowest BCUT2D eigenvalue weighted by Gasteiger charge is -2.41. The van der Waals surface area contributed by atoms with Gasteiger partial charge in [0.25, 0.3) is 0 Å². The smallest absolute Gasteiger partial charge is 0.0632 e.